The number of aromatic nitrogens is 2. The minimum atomic E-state index is 0.680. The summed E-state index contributed by atoms with van der Waals surface area (Å²) in [7, 11) is 0. The van der Waals surface area contributed by atoms with Crippen LogP contribution in [0.25, 0.3) is 22.9 Å². The Balaban J connectivity index is 2.19. The fraction of sp³-hybridized carbons (Fsp3) is 0. The lowest BCUT2D eigenvalue weighted by atomic mass is 10.2. The van der Waals surface area contributed by atoms with Gasteiger partial charge in [-0.05, 0) is 24.3 Å². The van der Waals surface area contributed by atoms with Gasteiger partial charge in [-0.25, -0.2) is 9.97 Å². The second-order valence-corrected chi connectivity index (χ2v) is 3.21. The van der Waals surface area contributed by atoms with Crippen molar-refractivity contribution in [3.8, 4) is 22.9 Å². The molecule has 4 heteroatoms. The van der Waals surface area contributed by atoms with Crippen LogP contribution in [0.2, 0.25) is 0 Å². The summed E-state index contributed by atoms with van der Waals surface area (Å²) in [5.41, 5.74) is 1.37. The maximum absolute atomic E-state index is 5.31. The van der Waals surface area contributed by atoms with Crippen molar-refractivity contribution in [1.29, 1.82) is 0 Å². The van der Waals surface area contributed by atoms with Crippen LogP contribution in [0, 0.1) is 0 Å². The molecule has 0 aromatic carbocycles. The lowest BCUT2D eigenvalue weighted by molar-refractivity contribution is 0.571. The van der Waals surface area contributed by atoms with Gasteiger partial charge in [0.1, 0.15) is 11.4 Å². The van der Waals surface area contributed by atoms with Gasteiger partial charge in [0.05, 0.1) is 12.5 Å². The molecule has 0 saturated heterocycles. The summed E-state index contributed by atoms with van der Waals surface area (Å²) < 4.78 is 10.6. The molecule has 0 saturated carbocycles. The Hall–Kier alpha value is -2.36. The molecule has 78 valence electrons. The lowest BCUT2D eigenvalue weighted by Gasteiger charge is -2.01. The van der Waals surface area contributed by atoms with Gasteiger partial charge < -0.3 is 8.83 Å². The third kappa shape index (κ3) is 1.40. The Labute approximate surface area is 91.6 Å². The first-order valence-corrected chi connectivity index (χ1v) is 4.84. The van der Waals surface area contributed by atoms with E-state index < -0.39 is 0 Å². The lowest BCUT2D eigenvalue weighted by Crippen LogP contribution is -1.89. The van der Waals surface area contributed by atoms with E-state index in [1.165, 1.54) is 0 Å². The van der Waals surface area contributed by atoms with Gasteiger partial charge in [-0.15, -0.1) is 0 Å². The van der Waals surface area contributed by atoms with Crippen molar-refractivity contribution in [3.63, 3.8) is 0 Å². The summed E-state index contributed by atoms with van der Waals surface area (Å²) in [6, 6.07) is 7.32. The molecule has 0 bridgehead atoms. The number of rotatable bonds is 2. The van der Waals surface area contributed by atoms with Crippen LogP contribution in [0.5, 0.6) is 0 Å². The third-order valence-electron chi connectivity index (χ3n) is 2.21. The minimum Gasteiger partial charge on any atom is -0.463 e. The van der Waals surface area contributed by atoms with E-state index in [9.17, 15) is 0 Å². The van der Waals surface area contributed by atoms with Crippen LogP contribution in [-0.4, -0.2) is 9.97 Å². The molecule has 0 radical (unpaired) electrons. The molecule has 0 spiro atoms. The Morgan fingerprint density at radius 1 is 0.750 bits per heavy atom. The second-order valence-electron chi connectivity index (χ2n) is 3.21. The molecule has 16 heavy (non-hydrogen) atoms. The Morgan fingerprint density at radius 2 is 1.25 bits per heavy atom. The van der Waals surface area contributed by atoms with Gasteiger partial charge >= 0.3 is 0 Å². The van der Waals surface area contributed by atoms with Crippen molar-refractivity contribution in [2.75, 3.05) is 0 Å². The van der Waals surface area contributed by atoms with Crippen LogP contribution in [0.3, 0.4) is 0 Å². The molecule has 0 unspecified atom stereocenters. The quantitative estimate of drug-likeness (QED) is 0.655. The molecule has 3 aromatic heterocycles. The topological polar surface area (TPSA) is 52.1 Å². The first-order valence-electron chi connectivity index (χ1n) is 4.84. The van der Waals surface area contributed by atoms with Gasteiger partial charge in [-0.1, -0.05) is 0 Å². The maximum Gasteiger partial charge on any atom is 0.154 e. The van der Waals surface area contributed by atoms with E-state index in [0.29, 0.717) is 22.9 Å². The first-order chi connectivity index (χ1) is 7.95. The van der Waals surface area contributed by atoms with E-state index in [4.69, 9.17) is 8.83 Å². The molecular formula is C12H8N2O2. The molecule has 3 rings (SSSR count). The van der Waals surface area contributed by atoms with Gasteiger partial charge in [0.15, 0.2) is 11.5 Å². The number of hydrogen-bond acceptors (Lipinski definition) is 4. The molecule has 0 aliphatic rings. The highest BCUT2D eigenvalue weighted by molar-refractivity contribution is 5.71. The van der Waals surface area contributed by atoms with Crippen molar-refractivity contribution < 1.29 is 8.83 Å². The third-order valence-corrected chi connectivity index (χ3v) is 2.21. The zero-order valence-corrected chi connectivity index (χ0v) is 8.33. The summed E-state index contributed by atoms with van der Waals surface area (Å²) >= 11 is 0. The van der Waals surface area contributed by atoms with Crippen LogP contribution >= 0.6 is 0 Å². The van der Waals surface area contributed by atoms with Crippen LogP contribution in [-0.2, 0) is 0 Å². The average Bonchev–Trinajstić information content (AvgIpc) is 3.03. The molecule has 4 nitrogen and oxygen atoms in total. The fourth-order valence-corrected chi connectivity index (χ4v) is 1.53. The zero-order chi connectivity index (χ0) is 10.8. The van der Waals surface area contributed by atoms with Crippen LogP contribution in [0.15, 0.2) is 58.0 Å². The standard InChI is InChI=1S/C12H8N2O2/c1-3-9(15-7-1)11-12(14-6-5-13-11)10-4-2-8-16-10/h1-8H. The molecule has 3 aromatic rings. The number of hydrogen-bond donors (Lipinski definition) is 0. The van der Waals surface area contributed by atoms with Gasteiger partial charge in [-0.3, -0.25) is 0 Å². The highest BCUT2D eigenvalue weighted by atomic mass is 16.3. The van der Waals surface area contributed by atoms with Gasteiger partial charge in [-0.2, -0.15) is 0 Å². The number of furan rings is 2. The Kier molecular flexibility index (Phi) is 2.04. The first kappa shape index (κ1) is 8.91. The van der Waals surface area contributed by atoms with Crippen LogP contribution < -0.4 is 0 Å². The van der Waals surface area contributed by atoms with E-state index in [1.807, 2.05) is 24.3 Å². The Morgan fingerprint density at radius 3 is 1.62 bits per heavy atom. The van der Waals surface area contributed by atoms with Gasteiger partial charge in [0, 0.05) is 12.4 Å². The smallest absolute Gasteiger partial charge is 0.154 e. The van der Waals surface area contributed by atoms with Crippen molar-refractivity contribution in [1.82, 2.24) is 9.97 Å². The van der Waals surface area contributed by atoms with Crippen molar-refractivity contribution in [3.05, 3.63) is 49.2 Å². The molecule has 0 atom stereocenters. The van der Waals surface area contributed by atoms with Crippen LogP contribution in [0.4, 0.5) is 0 Å². The molecule has 0 aliphatic carbocycles. The predicted octanol–water partition coefficient (Wildman–Crippen LogP) is 3.00. The van der Waals surface area contributed by atoms with Gasteiger partial charge in [0.25, 0.3) is 0 Å². The highest BCUT2D eigenvalue weighted by Crippen LogP contribution is 2.28. The van der Waals surface area contributed by atoms with Crippen molar-refractivity contribution in [2.24, 2.45) is 0 Å². The SMILES string of the molecule is c1coc(-c2nccnc2-c2ccco2)c1. The number of nitrogens with zero attached hydrogens (tertiary/aromatic N) is 2. The summed E-state index contributed by atoms with van der Waals surface area (Å²) in [6.45, 7) is 0. The predicted molar refractivity (Wildman–Crippen MR) is 57.4 cm³/mol. The normalized spacial score (nSPS) is 10.5. The molecule has 0 aliphatic heterocycles. The summed E-state index contributed by atoms with van der Waals surface area (Å²) in [5, 5.41) is 0. The molecule has 0 fully saturated rings. The molecular weight excluding hydrogens is 204 g/mol. The molecule has 3 heterocycles. The summed E-state index contributed by atoms with van der Waals surface area (Å²) in [6.07, 6.45) is 6.47. The monoisotopic (exact) mass is 212 g/mol. The fourth-order valence-electron chi connectivity index (χ4n) is 1.53. The second kappa shape index (κ2) is 3.66. The van der Waals surface area contributed by atoms with Gasteiger partial charge in [0.2, 0.25) is 0 Å². The Bertz CT molecular complexity index is 518. The van der Waals surface area contributed by atoms with E-state index in [1.54, 1.807) is 24.9 Å². The summed E-state index contributed by atoms with van der Waals surface area (Å²) in [5.74, 6) is 1.36. The van der Waals surface area contributed by atoms with E-state index in [-0.39, 0.29) is 0 Å². The highest BCUT2D eigenvalue weighted by Gasteiger charge is 2.13. The van der Waals surface area contributed by atoms with E-state index >= 15 is 0 Å². The van der Waals surface area contributed by atoms with Crippen LogP contribution in [0.1, 0.15) is 0 Å². The minimum absolute atomic E-state index is 0.680. The average molecular weight is 212 g/mol. The van der Waals surface area contributed by atoms with E-state index in [0.717, 1.165) is 0 Å². The summed E-state index contributed by atoms with van der Waals surface area (Å²) in [4.78, 5) is 8.52. The van der Waals surface area contributed by atoms with Crippen molar-refractivity contribution in [2.45, 2.75) is 0 Å². The molecule has 0 N–H and O–H groups in total. The zero-order valence-electron chi connectivity index (χ0n) is 8.33. The largest absolute Gasteiger partial charge is 0.463 e. The van der Waals surface area contributed by atoms with E-state index in [2.05, 4.69) is 9.97 Å². The van der Waals surface area contributed by atoms with Crippen molar-refractivity contribution >= 4 is 0 Å². The maximum atomic E-state index is 5.31. The molecule has 0 amide bonds.